The first-order valence-electron chi connectivity index (χ1n) is 6.45. The van der Waals surface area contributed by atoms with Gasteiger partial charge in [0, 0.05) is 31.0 Å². The van der Waals surface area contributed by atoms with Crippen molar-refractivity contribution < 1.29 is 0 Å². The van der Waals surface area contributed by atoms with E-state index in [1.54, 1.807) is 0 Å². The van der Waals surface area contributed by atoms with Crippen LogP contribution in [0, 0.1) is 5.92 Å². The smallest absolute Gasteiger partial charge is 0.0375 e. The van der Waals surface area contributed by atoms with Crippen LogP contribution in [0.15, 0.2) is 18.2 Å². The zero-order chi connectivity index (χ0) is 11.0. The Hall–Kier alpha value is -1.18. The second kappa shape index (κ2) is 4.00. The van der Waals surface area contributed by atoms with Gasteiger partial charge in [0.1, 0.15) is 0 Å². The van der Waals surface area contributed by atoms with Crippen LogP contribution in [0.3, 0.4) is 0 Å². The maximum atomic E-state index is 3.42. The molecule has 0 atom stereocenters. The first-order chi connectivity index (χ1) is 7.83. The van der Waals surface area contributed by atoms with Gasteiger partial charge in [0.15, 0.2) is 0 Å². The highest BCUT2D eigenvalue weighted by atomic mass is 15.1. The molecule has 0 spiro atoms. The lowest BCUT2D eigenvalue weighted by Gasteiger charge is -2.32. The Morgan fingerprint density at radius 3 is 2.88 bits per heavy atom. The van der Waals surface area contributed by atoms with Gasteiger partial charge in [0.2, 0.25) is 0 Å². The van der Waals surface area contributed by atoms with Crippen molar-refractivity contribution in [2.45, 2.75) is 26.2 Å². The third kappa shape index (κ3) is 1.77. The lowest BCUT2D eigenvalue weighted by Crippen LogP contribution is -2.32. The van der Waals surface area contributed by atoms with Crippen molar-refractivity contribution in [3.63, 3.8) is 0 Å². The van der Waals surface area contributed by atoms with Gasteiger partial charge in [-0.3, -0.25) is 0 Å². The molecule has 2 nitrogen and oxygen atoms in total. The zero-order valence-electron chi connectivity index (χ0n) is 10.00. The Balaban J connectivity index is 1.79. The molecule has 1 N–H and O–H groups in total. The fourth-order valence-electron chi connectivity index (χ4n) is 2.75. The normalized spacial score (nSPS) is 20.7. The maximum Gasteiger partial charge on any atom is 0.0375 e. The minimum absolute atomic E-state index is 0.910. The van der Waals surface area contributed by atoms with Gasteiger partial charge in [0.25, 0.3) is 0 Å². The maximum absolute atomic E-state index is 3.42. The van der Waals surface area contributed by atoms with E-state index in [4.69, 9.17) is 0 Å². The third-order valence-corrected chi connectivity index (χ3v) is 3.95. The molecule has 0 unspecified atom stereocenters. The molecular formula is C14H20N2. The Morgan fingerprint density at radius 2 is 2.06 bits per heavy atom. The van der Waals surface area contributed by atoms with Crippen molar-refractivity contribution >= 4 is 11.4 Å². The van der Waals surface area contributed by atoms with Crippen LogP contribution >= 0.6 is 0 Å². The largest absolute Gasteiger partial charge is 0.384 e. The fourth-order valence-corrected chi connectivity index (χ4v) is 2.75. The molecule has 2 aliphatic heterocycles. The summed E-state index contributed by atoms with van der Waals surface area (Å²) in [4.78, 5) is 2.54. The SMILES string of the molecule is CC1CCN(c2ccc3c(c2)CCN3)CC1. The first-order valence-corrected chi connectivity index (χ1v) is 6.45. The molecule has 0 aliphatic carbocycles. The topological polar surface area (TPSA) is 15.3 Å². The van der Waals surface area contributed by atoms with Crippen LogP contribution in [0.25, 0.3) is 0 Å². The van der Waals surface area contributed by atoms with E-state index in [0.717, 1.165) is 12.5 Å². The van der Waals surface area contributed by atoms with Crippen LogP contribution < -0.4 is 10.2 Å². The minimum Gasteiger partial charge on any atom is -0.384 e. The molecule has 0 radical (unpaired) electrons. The summed E-state index contributed by atoms with van der Waals surface area (Å²) < 4.78 is 0. The summed E-state index contributed by atoms with van der Waals surface area (Å²) in [5, 5.41) is 3.42. The number of hydrogen-bond acceptors (Lipinski definition) is 2. The molecule has 0 aromatic heterocycles. The Bertz CT molecular complexity index is 378. The van der Waals surface area contributed by atoms with E-state index in [0.29, 0.717) is 0 Å². The molecule has 0 amide bonds. The van der Waals surface area contributed by atoms with Crippen molar-refractivity contribution in [3.05, 3.63) is 23.8 Å². The van der Waals surface area contributed by atoms with E-state index < -0.39 is 0 Å². The summed E-state index contributed by atoms with van der Waals surface area (Å²) in [7, 11) is 0. The number of nitrogens with zero attached hydrogens (tertiary/aromatic N) is 1. The lowest BCUT2D eigenvalue weighted by atomic mass is 9.98. The van der Waals surface area contributed by atoms with Gasteiger partial charge in [-0.1, -0.05) is 6.92 Å². The van der Waals surface area contributed by atoms with E-state index in [1.165, 1.54) is 49.3 Å². The van der Waals surface area contributed by atoms with Crippen molar-refractivity contribution in [1.82, 2.24) is 0 Å². The molecular weight excluding hydrogens is 196 g/mol. The second-order valence-corrected chi connectivity index (χ2v) is 5.19. The predicted octanol–water partition coefficient (Wildman–Crippen LogP) is 2.89. The Kier molecular flexibility index (Phi) is 2.50. The van der Waals surface area contributed by atoms with Gasteiger partial charge in [-0.25, -0.2) is 0 Å². The molecule has 2 heteroatoms. The van der Waals surface area contributed by atoms with Gasteiger partial charge in [-0.05, 0) is 48.9 Å². The van der Waals surface area contributed by atoms with E-state index in [2.05, 4.69) is 35.3 Å². The van der Waals surface area contributed by atoms with Crippen molar-refractivity contribution in [2.24, 2.45) is 5.92 Å². The van der Waals surface area contributed by atoms with Crippen molar-refractivity contribution in [1.29, 1.82) is 0 Å². The molecule has 3 rings (SSSR count). The Morgan fingerprint density at radius 1 is 1.25 bits per heavy atom. The summed E-state index contributed by atoms with van der Waals surface area (Å²) in [6.07, 6.45) is 3.87. The molecule has 1 aromatic rings. The fraction of sp³-hybridized carbons (Fsp3) is 0.571. The van der Waals surface area contributed by atoms with Crippen LogP contribution in [0.1, 0.15) is 25.3 Å². The second-order valence-electron chi connectivity index (χ2n) is 5.19. The molecule has 1 aromatic carbocycles. The highest BCUT2D eigenvalue weighted by Gasteiger charge is 2.17. The van der Waals surface area contributed by atoms with E-state index >= 15 is 0 Å². The van der Waals surface area contributed by atoms with Gasteiger partial charge < -0.3 is 10.2 Å². The van der Waals surface area contributed by atoms with E-state index in [-0.39, 0.29) is 0 Å². The summed E-state index contributed by atoms with van der Waals surface area (Å²) in [6.45, 7) is 5.93. The number of nitrogens with one attached hydrogen (secondary N) is 1. The molecule has 86 valence electrons. The summed E-state index contributed by atoms with van der Waals surface area (Å²) in [6, 6.07) is 6.90. The lowest BCUT2D eigenvalue weighted by molar-refractivity contribution is 0.438. The molecule has 0 bridgehead atoms. The number of rotatable bonds is 1. The monoisotopic (exact) mass is 216 g/mol. The van der Waals surface area contributed by atoms with Crippen LogP contribution in [-0.4, -0.2) is 19.6 Å². The standard InChI is InChI=1S/C14H20N2/c1-11-5-8-16(9-6-11)13-2-3-14-12(10-13)4-7-15-14/h2-3,10-11,15H,4-9H2,1H3. The van der Waals surface area contributed by atoms with Crippen LogP contribution in [0.5, 0.6) is 0 Å². The first kappa shape index (κ1) is 10.0. The van der Waals surface area contributed by atoms with Gasteiger partial charge in [-0.2, -0.15) is 0 Å². The van der Waals surface area contributed by atoms with Crippen LogP contribution in [-0.2, 0) is 6.42 Å². The molecule has 1 saturated heterocycles. The number of hydrogen-bond donors (Lipinski definition) is 1. The predicted molar refractivity (Wildman–Crippen MR) is 69.2 cm³/mol. The average Bonchev–Trinajstić information content (AvgIpc) is 2.77. The number of benzene rings is 1. The van der Waals surface area contributed by atoms with Crippen molar-refractivity contribution in [2.75, 3.05) is 29.9 Å². The van der Waals surface area contributed by atoms with Crippen LogP contribution in [0.2, 0.25) is 0 Å². The number of anilines is 2. The average molecular weight is 216 g/mol. The third-order valence-electron chi connectivity index (χ3n) is 3.95. The molecule has 16 heavy (non-hydrogen) atoms. The van der Waals surface area contributed by atoms with Crippen LogP contribution in [0.4, 0.5) is 11.4 Å². The molecule has 2 aliphatic rings. The minimum atomic E-state index is 0.910. The Labute approximate surface area is 97.6 Å². The molecule has 1 fully saturated rings. The summed E-state index contributed by atoms with van der Waals surface area (Å²) in [5.74, 6) is 0.910. The van der Waals surface area contributed by atoms with Gasteiger partial charge >= 0.3 is 0 Å². The quantitative estimate of drug-likeness (QED) is 0.776. The highest BCUT2D eigenvalue weighted by molar-refractivity contribution is 5.63. The highest BCUT2D eigenvalue weighted by Crippen LogP contribution is 2.29. The molecule has 2 heterocycles. The van der Waals surface area contributed by atoms with Gasteiger partial charge in [0.05, 0.1) is 0 Å². The van der Waals surface area contributed by atoms with E-state index in [9.17, 15) is 0 Å². The summed E-state index contributed by atoms with van der Waals surface area (Å²) >= 11 is 0. The number of piperidine rings is 1. The zero-order valence-corrected chi connectivity index (χ0v) is 10.00. The number of fused-ring (bicyclic) bond motifs is 1. The van der Waals surface area contributed by atoms with Crippen molar-refractivity contribution in [3.8, 4) is 0 Å². The molecule has 0 saturated carbocycles. The van der Waals surface area contributed by atoms with Gasteiger partial charge in [-0.15, -0.1) is 0 Å². The summed E-state index contributed by atoms with van der Waals surface area (Å²) in [5.41, 5.74) is 4.26. The van der Waals surface area contributed by atoms with E-state index in [1.807, 2.05) is 0 Å².